The number of nitrogens with zero attached hydrogens (tertiary/aromatic N) is 1. The molecule has 0 saturated carbocycles. The van der Waals surface area contributed by atoms with E-state index in [2.05, 4.69) is 70.3 Å². The number of rotatable bonds is 8. The summed E-state index contributed by atoms with van der Waals surface area (Å²) in [6.45, 7) is 5.35. The van der Waals surface area contributed by atoms with Crippen molar-refractivity contribution in [3.63, 3.8) is 0 Å². The quantitative estimate of drug-likeness (QED) is 0.224. The van der Waals surface area contributed by atoms with Gasteiger partial charge in [-0.3, -0.25) is 9.78 Å². The standard InChI is InChI=1S/C31H30N4O/c1-21-18-30(28-12-5-6-13-29(28)34-21)35-27-11-7-10-26(20-27)31(36)33-17-16-32-22(2)24-15-14-23-8-3-4-9-25(23)19-24/h3-15,18-20,22,32H,16-17H2,1-2H3,(H,33,36)(H,34,35). The lowest BCUT2D eigenvalue weighted by molar-refractivity contribution is 0.0953. The first-order valence-corrected chi connectivity index (χ1v) is 12.3. The van der Waals surface area contributed by atoms with Crippen molar-refractivity contribution >= 4 is 39.0 Å². The number of nitrogens with one attached hydrogen (secondary N) is 3. The van der Waals surface area contributed by atoms with E-state index in [1.165, 1.54) is 16.3 Å². The van der Waals surface area contributed by atoms with Crippen LogP contribution in [0.5, 0.6) is 0 Å². The highest BCUT2D eigenvalue weighted by Crippen LogP contribution is 2.27. The molecule has 0 radical (unpaired) electrons. The van der Waals surface area contributed by atoms with Gasteiger partial charge in [0.1, 0.15) is 0 Å². The lowest BCUT2D eigenvalue weighted by Gasteiger charge is -2.15. The predicted molar refractivity (Wildman–Crippen MR) is 149 cm³/mol. The molecule has 5 rings (SSSR count). The molecule has 1 heterocycles. The Balaban J connectivity index is 1.18. The minimum Gasteiger partial charge on any atom is -0.355 e. The lowest BCUT2D eigenvalue weighted by atomic mass is 10.0. The van der Waals surface area contributed by atoms with Crippen LogP contribution in [0.15, 0.2) is 97.1 Å². The first-order chi connectivity index (χ1) is 17.6. The highest BCUT2D eigenvalue weighted by Gasteiger charge is 2.09. The van der Waals surface area contributed by atoms with Crippen LogP contribution in [0.1, 0.15) is 34.6 Å². The molecule has 0 fully saturated rings. The minimum atomic E-state index is -0.0884. The van der Waals surface area contributed by atoms with Crippen molar-refractivity contribution in [3.05, 3.63) is 114 Å². The zero-order valence-electron chi connectivity index (χ0n) is 20.6. The number of hydrogen-bond acceptors (Lipinski definition) is 4. The molecule has 1 amide bonds. The van der Waals surface area contributed by atoms with Gasteiger partial charge in [-0.2, -0.15) is 0 Å². The topological polar surface area (TPSA) is 66.1 Å². The summed E-state index contributed by atoms with van der Waals surface area (Å²) < 4.78 is 0. The van der Waals surface area contributed by atoms with Gasteiger partial charge in [-0.25, -0.2) is 0 Å². The third kappa shape index (κ3) is 5.37. The summed E-state index contributed by atoms with van der Waals surface area (Å²) in [4.78, 5) is 17.4. The molecule has 36 heavy (non-hydrogen) atoms. The average Bonchev–Trinajstić information content (AvgIpc) is 2.90. The second-order valence-corrected chi connectivity index (χ2v) is 9.07. The smallest absolute Gasteiger partial charge is 0.251 e. The number of anilines is 2. The Morgan fingerprint density at radius 2 is 1.64 bits per heavy atom. The molecule has 4 aromatic carbocycles. The normalized spacial score (nSPS) is 11.9. The van der Waals surface area contributed by atoms with Crippen LogP contribution in [0.2, 0.25) is 0 Å². The van der Waals surface area contributed by atoms with Gasteiger partial charge in [-0.15, -0.1) is 0 Å². The highest BCUT2D eigenvalue weighted by molar-refractivity contribution is 5.96. The molecule has 0 aliphatic carbocycles. The van der Waals surface area contributed by atoms with Gasteiger partial charge in [0.05, 0.1) is 5.52 Å². The lowest BCUT2D eigenvalue weighted by Crippen LogP contribution is -2.32. The predicted octanol–water partition coefficient (Wildman–Crippen LogP) is 6.52. The largest absolute Gasteiger partial charge is 0.355 e. The summed E-state index contributed by atoms with van der Waals surface area (Å²) >= 11 is 0. The van der Waals surface area contributed by atoms with Crippen LogP contribution < -0.4 is 16.0 Å². The molecule has 180 valence electrons. The fourth-order valence-electron chi connectivity index (χ4n) is 4.47. The molecule has 0 aliphatic rings. The number of pyridine rings is 1. The number of aromatic nitrogens is 1. The van der Waals surface area contributed by atoms with Crippen LogP contribution >= 0.6 is 0 Å². The zero-order chi connectivity index (χ0) is 24.9. The summed E-state index contributed by atoms with van der Waals surface area (Å²) in [5.41, 5.74) is 5.58. The molecule has 1 aromatic heterocycles. The summed E-state index contributed by atoms with van der Waals surface area (Å²) in [6, 6.07) is 32.7. The van der Waals surface area contributed by atoms with Gasteiger partial charge in [0.2, 0.25) is 0 Å². The van der Waals surface area contributed by atoms with Crippen molar-refractivity contribution < 1.29 is 4.79 Å². The number of amides is 1. The second-order valence-electron chi connectivity index (χ2n) is 9.07. The van der Waals surface area contributed by atoms with Gasteiger partial charge in [-0.05, 0) is 66.6 Å². The van der Waals surface area contributed by atoms with Crippen LogP contribution in [0.4, 0.5) is 11.4 Å². The highest BCUT2D eigenvalue weighted by atomic mass is 16.1. The molecular formula is C31H30N4O. The molecule has 0 spiro atoms. The van der Waals surface area contributed by atoms with Crippen molar-refractivity contribution in [2.24, 2.45) is 0 Å². The summed E-state index contributed by atoms with van der Waals surface area (Å²) in [7, 11) is 0. The third-order valence-corrected chi connectivity index (χ3v) is 6.38. The maximum absolute atomic E-state index is 12.8. The Kier molecular flexibility index (Phi) is 6.92. The molecule has 3 N–H and O–H groups in total. The second kappa shape index (κ2) is 10.6. The van der Waals surface area contributed by atoms with Crippen LogP contribution in [0.3, 0.4) is 0 Å². The van der Waals surface area contributed by atoms with E-state index in [1.807, 2.05) is 61.5 Å². The van der Waals surface area contributed by atoms with E-state index >= 15 is 0 Å². The molecular weight excluding hydrogens is 444 g/mol. The van der Waals surface area contributed by atoms with Gasteiger partial charge in [0.15, 0.2) is 0 Å². The van der Waals surface area contributed by atoms with E-state index in [0.29, 0.717) is 18.7 Å². The van der Waals surface area contributed by atoms with Gasteiger partial charge in [0, 0.05) is 47.1 Å². The molecule has 0 aliphatic heterocycles. The first-order valence-electron chi connectivity index (χ1n) is 12.3. The Hall–Kier alpha value is -4.22. The molecule has 1 atom stereocenters. The molecule has 0 bridgehead atoms. The van der Waals surface area contributed by atoms with Crippen LogP contribution in [-0.4, -0.2) is 24.0 Å². The molecule has 5 aromatic rings. The van der Waals surface area contributed by atoms with E-state index in [4.69, 9.17) is 0 Å². The number of aryl methyl sites for hydroxylation is 1. The SMILES string of the molecule is Cc1cc(Nc2cccc(C(=O)NCCNC(C)c3ccc4ccccc4c3)c2)c2ccccc2n1. The van der Waals surface area contributed by atoms with Crippen molar-refractivity contribution in [1.29, 1.82) is 0 Å². The van der Waals surface area contributed by atoms with Crippen molar-refractivity contribution in [2.45, 2.75) is 19.9 Å². The van der Waals surface area contributed by atoms with E-state index in [9.17, 15) is 4.79 Å². The number of carbonyl (C=O) groups is 1. The van der Waals surface area contributed by atoms with Crippen molar-refractivity contribution in [3.8, 4) is 0 Å². The molecule has 1 unspecified atom stereocenters. The maximum atomic E-state index is 12.8. The van der Waals surface area contributed by atoms with Gasteiger partial charge < -0.3 is 16.0 Å². The third-order valence-electron chi connectivity index (χ3n) is 6.38. The van der Waals surface area contributed by atoms with Gasteiger partial charge >= 0.3 is 0 Å². The van der Waals surface area contributed by atoms with E-state index < -0.39 is 0 Å². The fraction of sp³-hybridized carbons (Fsp3) is 0.161. The maximum Gasteiger partial charge on any atom is 0.251 e. The van der Waals surface area contributed by atoms with Crippen LogP contribution in [0, 0.1) is 6.92 Å². The number of para-hydroxylation sites is 1. The van der Waals surface area contributed by atoms with Crippen LogP contribution in [-0.2, 0) is 0 Å². The fourth-order valence-corrected chi connectivity index (χ4v) is 4.47. The summed E-state index contributed by atoms with van der Waals surface area (Å²) in [6.07, 6.45) is 0. The zero-order valence-corrected chi connectivity index (χ0v) is 20.6. The Labute approximate surface area is 211 Å². The first kappa shape index (κ1) is 23.5. The van der Waals surface area contributed by atoms with Crippen molar-refractivity contribution in [1.82, 2.24) is 15.6 Å². The summed E-state index contributed by atoms with van der Waals surface area (Å²) in [5, 5.41) is 13.5. The van der Waals surface area contributed by atoms with E-state index in [0.717, 1.165) is 28.0 Å². The number of carbonyl (C=O) groups excluding carboxylic acids is 1. The number of hydrogen-bond donors (Lipinski definition) is 3. The van der Waals surface area contributed by atoms with E-state index in [-0.39, 0.29) is 11.9 Å². The van der Waals surface area contributed by atoms with Crippen LogP contribution in [0.25, 0.3) is 21.7 Å². The average molecular weight is 475 g/mol. The monoisotopic (exact) mass is 474 g/mol. The summed E-state index contributed by atoms with van der Waals surface area (Å²) in [5.74, 6) is -0.0884. The molecule has 5 heteroatoms. The van der Waals surface area contributed by atoms with Gasteiger partial charge in [-0.1, -0.05) is 60.7 Å². The number of fused-ring (bicyclic) bond motifs is 2. The molecule has 5 nitrogen and oxygen atoms in total. The van der Waals surface area contributed by atoms with E-state index in [1.54, 1.807) is 0 Å². The number of benzene rings is 4. The minimum absolute atomic E-state index is 0.0884. The Morgan fingerprint density at radius 3 is 2.53 bits per heavy atom. The molecule has 0 saturated heterocycles. The Bertz CT molecular complexity index is 1530. The Morgan fingerprint density at radius 1 is 0.833 bits per heavy atom. The van der Waals surface area contributed by atoms with Crippen molar-refractivity contribution in [2.75, 3.05) is 18.4 Å². The van der Waals surface area contributed by atoms with Gasteiger partial charge in [0.25, 0.3) is 5.91 Å².